The molecule has 0 saturated carbocycles. The summed E-state index contributed by atoms with van der Waals surface area (Å²) in [5.74, 6) is 0.0147. The fourth-order valence-corrected chi connectivity index (χ4v) is 5.17. The van der Waals surface area contributed by atoms with Crippen LogP contribution in [0.1, 0.15) is 37.0 Å². The van der Waals surface area contributed by atoms with Gasteiger partial charge in [0.1, 0.15) is 6.04 Å². The average molecular weight is 383 g/mol. The van der Waals surface area contributed by atoms with Crippen LogP contribution >= 0.6 is 0 Å². The van der Waals surface area contributed by atoms with E-state index in [1.807, 2.05) is 32.9 Å². The number of nitrogens with zero attached hydrogens (tertiary/aromatic N) is 1. The third kappa shape index (κ3) is 5.05. The molecular weight excluding hydrogens is 352 g/mol. The van der Waals surface area contributed by atoms with Gasteiger partial charge in [-0.1, -0.05) is 31.5 Å². The number of ether oxygens (including phenoxy) is 1. The molecule has 0 aromatic heterocycles. The van der Waals surface area contributed by atoms with Crippen molar-refractivity contribution in [3.8, 4) is 0 Å². The Hall–Kier alpha value is -1.44. The van der Waals surface area contributed by atoms with Crippen LogP contribution in [0.2, 0.25) is 0 Å². The average Bonchev–Trinajstić information content (AvgIpc) is 2.52. The zero-order valence-electron chi connectivity index (χ0n) is 16.3. The molecule has 0 aliphatic carbocycles. The Morgan fingerprint density at radius 3 is 2.19 bits per heavy atom. The number of aryl methyl sites for hydroxylation is 3. The highest BCUT2D eigenvalue weighted by atomic mass is 32.2. The molecule has 1 aromatic carbocycles. The monoisotopic (exact) mass is 382 g/mol. The molecule has 1 aliphatic heterocycles. The van der Waals surface area contributed by atoms with E-state index >= 15 is 0 Å². The Kier molecular flexibility index (Phi) is 6.82. The fraction of sp³-hybridized carbons (Fsp3) is 0.632. The van der Waals surface area contributed by atoms with E-state index in [9.17, 15) is 13.2 Å². The minimum atomic E-state index is -3.80. The SMILES string of the molecule is Cc1cc(C)c(S(=O)(=O)N[C@@H](CC(C)C)C(=O)N2CCOCC2)c(C)c1. The van der Waals surface area contributed by atoms with Crippen LogP contribution in [0.4, 0.5) is 0 Å². The predicted octanol–water partition coefficient (Wildman–Crippen LogP) is 2.16. The molecule has 1 N–H and O–H groups in total. The van der Waals surface area contributed by atoms with Gasteiger partial charge in [-0.15, -0.1) is 0 Å². The van der Waals surface area contributed by atoms with E-state index in [2.05, 4.69) is 4.72 Å². The van der Waals surface area contributed by atoms with E-state index in [1.165, 1.54) is 0 Å². The van der Waals surface area contributed by atoms with Gasteiger partial charge in [-0.3, -0.25) is 4.79 Å². The molecule has 1 saturated heterocycles. The van der Waals surface area contributed by atoms with Gasteiger partial charge in [0.2, 0.25) is 15.9 Å². The van der Waals surface area contributed by atoms with Gasteiger partial charge < -0.3 is 9.64 Å². The molecule has 7 heteroatoms. The highest BCUT2D eigenvalue weighted by molar-refractivity contribution is 7.89. The Bertz CT molecular complexity index is 730. The molecule has 26 heavy (non-hydrogen) atoms. The van der Waals surface area contributed by atoms with Crippen LogP contribution < -0.4 is 4.72 Å². The Labute approximate surface area is 157 Å². The van der Waals surface area contributed by atoms with Crippen LogP contribution in [-0.2, 0) is 19.6 Å². The van der Waals surface area contributed by atoms with Crippen molar-refractivity contribution in [2.45, 2.75) is 52.0 Å². The second-order valence-corrected chi connectivity index (χ2v) is 9.12. The molecule has 1 fully saturated rings. The first-order valence-electron chi connectivity index (χ1n) is 9.08. The van der Waals surface area contributed by atoms with Crippen LogP contribution in [-0.4, -0.2) is 51.6 Å². The molecule has 1 amide bonds. The highest BCUT2D eigenvalue weighted by Gasteiger charge is 2.31. The molecule has 2 rings (SSSR count). The van der Waals surface area contributed by atoms with Crippen LogP contribution in [0.3, 0.4) is 0 Å². The first kappa shape index (κ1) is 20.9. The van der Waals surface area contributed by atoms with Crippen molar-refractivity contribution >= 4 is 15.9 Å². The third-order valence-electron chi connectivity index (χ3n) is 4.50. The van der Waals surface area contributed by atoms with Gasteiger partial charge in [0.25, 0.3) is 0 Å². The molecule has 0 bridgehead atoms. The number of carbonyl (C=O) groups excluding carboxylic acids is 1. The van der Waals surface area contributed by atoms with Gasteiger partial charge in [-0.05, 0) is 44.2 Å². The molecule has 0 unspecified atom stereocenters. The number of morpholine rings is 1. The molecule has 0 radical (unpaired) electrons. The van der Waals surface area contributed by atoms with Crippen molar-refractivity contribution in [2.75, 3.05) is 26.3 Å². The molecule has 6 nitrogen and oxygen atoms in total. The third-order valence-corrected chi connectivity index (χ3v) is 6.27. The molecule has 1 atom stereocenters. The topological polar surface area (TPSA) is 75.7 Å². The van der Waals surface area contributed by atoms with E-state index in [1.54, 1.807) is 18.7 Å². The van der Waals surface area contributed by atoms with Gasteiger partial charge in [0.15, 0.2) is 0 Å². The lowest BCUT2D eigenvalue weighted by atomic mass is 10.0. The van der Waals surface area contributed by atoms with E-state index in [0.717, 1.165) is 5.56 Å². The van der Waals surface area contributed by atoms with Crippen LogP contribution in [0.5, 0.6) is 0 Å². The van der Waals surface area contributed by atoms with Gasteiger partial charge in [0.05, 0.1) is 18.1 Å². The maximum atomic E-state index is 13.1. The van der Waals surface area contributed by atoms with Crippen molar-refractivity contribution in [2.24, 2.45) is 5.92 Å². The Morgan fingerprint density at radius 1 is 1.15 bits per heavy atom. The van der Waals surface area contributed by atoms with E-state index in [-0.39, 0.29) is 16.7 Å². The summed E-state index contributed by atoms with van der Waals surface area (Å²) >= 11 is 0. The molecule has 1 aliphatic rings. The summed E-state index contributed by atoms with van der Waals surface area (Å²) in [6, 6.07) is 2.93. The summed E-state index contributed by atoms with van der Waals surface area (Å²) in [6.45, 7) is 11.5. The van der Waals surface area contributed by atoms with E-state index in [4.69, 9.17) is 4.74 Å². The minimum Gasteiger partial charge on any atom is -0.378 e. The summed E-state index contributed by atoms with van der Waals surface area (Å²) in [5.41, 5.74) is 2.40. The first-order chi connectivity index (χ1) is 12.1. The second-order valence-electron chi connectivity index (χ2n) is 7.47. The summed E-state index contributed by atoms with van der Waals surface area (Å²) in [7, 11) is -3.80. The van der Waals surface area contributed by atoms with Crippen molar-refractivity contribution in [1.82, 2.24) is 9.62 Å². The van der Waals surface area contributed by atoms with Crippen molar-refractivity contribution in [3.05, 3.63) is 28.8 Å². The minimum absolute atomic E-state index is 0.173. The summed E-state index contributed by atoms with van der Waals surface area (Å²) in [5, 5.41) is 0. The van der Waals surface area contributed by atoms with Gasteiger partial charge in [-0.2, -0.15) is 4.72 Å². The van der Waals surface area contributed by atoms with E-state index < -0.39 is 16.1 Å². The predicted molar refractivity (Wildman–Crippen MR) is 102 cm³/mol. The molecular formula is C19H30N2O4S. The highest BCUT2D eigenvalue weighted by Crippen LogP contribution is 2.23. The fourth-order valence-electron chi connectivity index (χ4n) is 3.51. The Balaban J connectivity index is 2.30. The van der Waals surface area contributed by atoms with Crippen molar-refractivity contribution < 1.29 is 17.9 Å². The van der Waals surface area contributed by atoms with E-state index in [0.29, 0.717) is 43.9 Å². The second kappa shape index (κ2) is 8.50. The number of nitrogens with one attached hydrogen (secondary N) is 1. The molecule has 1 aromatic rings. The zero-order valence-corrected chi connectivity index (χ0v) is 17.1. The number of benzene rings is 1. The van der Waals surface area contributed by atoms with Crippen LogP contribution in [0, 0.1) is 26.7 Å². The number of carbonyl (C=O) groups is 1. The lowest BCUT2D eigenvalue weighted by Gasteiger charge is -2.31. The number of rotatable bonds is 6. The quantitative estimate of drug-likeness (QED) is 0.818. The van der Waals surface area contributed by atoms with Gasteiger partial charge >= 0.3 is 0 Å². The summed E-state index contributed by atoms with van der Waals surface area (Å²) in [4.78, 5) is 14.9. The largest absolute Gasteiger partial charge is 0.378 e. The molecule has 146 valence electrons. The standard InChI is InChI=1S/C19H30N2O4S/c1-13(2)10-17(19(22)21-6-8-25-9-7-21)20-26(23,24)18-15(4)11-14(3)12-16(18)5/h11-13,17,20H,6-10H2,1-5H3/t17-/m0/s1. The van der Waals surface area contributed by atoms with Gasteiger partial charge in [0, 0.05) is 13.1 Å². The normalized spacial score (nSPS) is 16.8. The zero-order chi connectivity index (χ0) is 19.5. The van der Waals surface area contributed by atoms with Crippen molar-refractivity contribution in [1.29, 1.82) is 0 Å². The number of hydrogen-bond donors (Lipinski definition) is 1. The number of hydrogen-bond acceptors (Lipinski definition) is 4. The summed E-state index contributed by atoms with van der Waals surface area (Å²) < 4.78 is 34.1. The Morgan fingerprint density at radius 2 is 1.69 bits per heavy atom. The maximum absolute atomic E-state index is 13.1. The van der Waals surface area contributed by atoms with Crippen LogP contribution in [0.15, 0.2) is 17.0 Å². The van der Waals surface area contributed by atoms with Crippen LogP contribution in [0.25, 0.3) is 0 Å². The first-order valence-corrected chi connectivity index (χ1v) is 10.6. The number of sulfonamides is 1. The maximum Gasteiger partial charge on any atom is 0.241 e. The smallest absolute Gasteiger partial charge is 0.241 e. The lowest BCUT2D eigenvalue weighted by molar-refractivity contribution is -0.137. The lowest BCUT2D eigenvalue weighted by Crippen LogP contribution is -2.52. The number of amides is 1. The molecule has 0 spiro atoms. The van der Waals surface area contributed by atoms with Crippen molar-refractivity contribution in [3.63, 3.8) is 0 Å². The molecule has 1 heterocycles. The summed E-state index contributed by atoms with van der Waals surface area (Å²) in [6.07, 6.45) is 0.458. The van der Waals surface area contributed by atoms with Gasteiger partial charge in [-0.25, -0.2) is 8.42 Å².